The first kappa shape index (κ1) is 16.1. The molecule has 126 valence electrons. The summed E-state index contributed by atoms with van der Waals surface area (Å²) in [6.07, 6.45) is 1.63. The Kier molecular flexibility index (Phi) is 4.55. The highest BCUT2D eigenvalue weighted by atomic mass is 16.5. The molecule has 0 saturated carbocycles. The monoisotopic (exact) mass is 326 g/mol. The quantitative estimate of drug-likeness (QED) is 0.929. The molecule has 1 aromatic carbocycles. The van der Waals surface area contributed by atoms with Crippen molar-refractivity contribution in [3.63, 3.8) is 0 Å². The number of ether oxygens (including phenoxy) is 1. The molecule has 0 aliphatic carbocycles. The van der Waals surface area contributed by atoms with E-state index in [0.29, 0.717) is 5.56 Å². The molecule has 1 atom stereocenters. The van der Waals surface area contributed by atoms with Crippen LogP contribution in [0.1, 0.15) is 17.3 Å². The lowest BCUT2D eigenvalue weighted by atomic mass is 10.1. The molecule has 3 rings (SSSR count). The summed E-state index contributed by atoms with van der Waals surface area (Å²) >= 11 is 0. The maximum absolute atomic E-state index is 11.4. The molecule has 1 fully saturated rings. The highest BCUT2D eigenvalue weighted by Crippen LogP contribution is 2.30. The lowest BCUT2D eigenvalue weighted by Gasteiger charge is -2.42. The van der Waals surface area contributed by atoms with Crippen LogP contribution in [0.4, 0.5) is 11.5 Å². The van der Waals surface area contributed by atoms with Crippen LogP contribution in [0.3, 0.4) is 0 Å². The normalized spacial score (nSPS) is 17.7. The fourth-order valence-electron chi connectivity index (χ4n) is 3.14. The first-order valence-corrected chi connectivity index (χ1v) is 8.00. The minimum absolute atomic E-state index is 0.249. The van der Waals surface area contributed by atoms with Gasteiger partial charge in [-0.3, -0.25) is 4.79 Å². The Balaban J connectivity index is 1.78. The van der Waals surface area contributed by atoms with Gasteiger partial charge in [0.2, 0.25) is 5.91 Å². The Morgan fingerprint density at radius 3 is 2.79 bits per heavy atom. The van der Waals surface area contributed by atoms with E-state index in [4.69, 9.17) is 10.5 Å². The van der Waals surface area contributed by atoms with Gasteiger partial charge in [-0.05, 0) is 31.2 Å². The minimum Gasteiger partial charge on any atom is -0.495 e. The van der Waals surface area contributed by atoms with Gasteiger partial charge in [-0.25, -0.2) is 4.98 Å². The molecule has 2 aromatic rings. The van der Waals surface area contributed by atoms with Crippen molar-refractivity contribution in [1.82, 2.24) is 4.98 Å². The first-order valence-electron chi connectivity index (χ1n) is 8.00. The maximum Gasteiger partial charge on any atom is 0.248 e. The molecule has 2 N–H and O–H groups in total. The van der Waals surface area contributed by atoms with Gasteiger partial charge >= 0.3 is 0 Å². The van der Waals surface area contributed by atoms with Crippen molar-refractivity contribution in [2.24, 2.45) is 5.73 Å². The van der Waals surface area contributed by atoms with Crippen LogP contribution in [-0.4, -0.2) is 43.7 Å². The first-order chi connectivity index (χ1) is 11.6. The van der Waals surface area contributed by atoms with Crippen molar-refractivity contribution in [3.8, 4) is 5.75 Å². The van der Waals surface area contributed by atoms with Crippen LogP contribution >= 0.6 is 0 Å². The van der Waals surface area contributed by atoms with Gasteiger partial charge < -0.3 is 20.3 Å². The number of rotatable bonds is 4. The number of methoxy groups -OCH3 is 1. The van der Waals surface area contributed by atoms with Crippen LogP contribution in [0.5, 0.6) is 5.75 Å². The van der Waals surface area contributed by atoms with Crippen molar-refractivity contribution >= 4 is 17.4 Å². The number of aromatic nitrogens is 1. The summed E-state index contributed by atoms with van der Waals surface area (Å²) < 4.78 is 5.47. The molecule has 0 spiro atoms. The summed E-state index contributed by atoms with van der Waals surface area (Å²) in [7, 11) is 1.69. The number of nitrogens with zero attached hydrogens (tertiary/aromatic N) is 3. The summed E-state index contributed by atoms with van der Waals surface area (Å²) in [5, 5.41) is 0. The van der Waals surface area contributed by atoms with Gasteiger partial charge in [0.25, 0.3) is 0 Å². The summed E-state index contributed by atoms with van der Waals surface area (Å²) in [5.74, 6) is 1.24. The smallest absolute Gasteiger partial charge is 0.248 e. The highest BCUT2D eigenvalue weighted by molar-refractivity contribution is 5.93. The molecule has 6 nitrogen and oxygen atoms in total. The van der Waals surface area contributed by atoms with Crippen LogP contribution in [0.25, 0.3) is 0 Å². The summed E-state index contributed by atoms with van der Waals surface area (Å²) in [4.78, 5) is 20.3. The number of pyridine rings is 1. The number of para-hydroxylation sites is 2. The zero-order chi connectivity index (χ0) is 17.1. The number of nitrogens with two attached hydrogens (primary N) is 1. The lowest BCUT2D eigenvalue weighted by molar-refractivity contribution is 0.1000. The van der Waals surface area contributed by atoms with E-state index >= 15 is 0 Å². The van der Waals surface area contributed by atoms with Crippen molar-refractivity contribution < 1.29 is 9.53 Å². The molecule has 0 bridgehead atoms. The Labute approximate surface area is 141 Å². The predicted octanol–water partition coefficient (Wildman–Crippen LogP) is 1.90. The zero-order valence-corrected chi connectivity index (χ0v) is 14.0. The Hall–Kier alpha value is -2.76. The number of anilines is 2. The number of carbonyl (C=O) groups is 1. The van der Waals surface area contributed by atoms with Crippen molar-refractivity contribution in [2.45, 2.75) is 13.0 Å². The third-order valence-electron chi connectivity index (χ3n) is 4.38. The molecule has 6 heteroatoms. The van der Waals surface area contributed by atoms with Gasteiger partial charge in [-0.1, -0.05) is 12.1 Å². The van der Waals surface area contributed by atoms with Gasteiger partial charge in [0, 0.05) is 37.4 Å². The summed E-state index contributed by atoms with van der Waals surface area (Å²) in [6.45, 7) is 4.67. The maximum atomic E-state index is 11.4. The number of amides is 1. The van der Waals surface area contributed by atoms with E-state index < -0.39 is 5.91 Å². The van der Waals surface area contributed by atoms with Crippen molar-refractivity contribution in [3.05, 3.63) is 48.2 Å². The second-order valence-corrected chi connectivity index (χ2v) is 5.93. The van der Waals surface area contributed by atoms with Crippen molar-refractivity contribution in [1.29, 1.82) is 0 Å². The van der Waals surface area contributed by atoms with Crippen LogP contribution < -0.4 is 20.3 Å². The van der Waals surface area contributed by atoms with Crippen LogP contribution in [-0.2, 0) is 0 Å². The molecule has 1 saturated heterocycles. The number of piperazine rings is 1. The van der Waals surface area contributed by atoms with Gasteiger partial charge in [-0.15, -0.1) is 0 Å². The minimum atomic E-state index is -0.432. The Bertz CT molecular complexity index is 734. The SMILES string of the molecule is COc1ccccc1N1CCN(c2cc(C(N)=O)ccn2)C(C)C1. The second kappa shape index (κ2) is 6.78. The Morgan fingerprint density at radius 1 is 1.29 bits per heavy atom. The molecule has 1 unspecified atom stereocenters. The molecular weight excluding hydrogens is 304 g/mol. The van der Waals surface area contributed by atoms with Crippen molar-refractivity contribution in [2.75, 3.05) is 36.5 Å². The lowest BCUT2D eigenvalue weighted by Crippen LogP contribution is -2.52. The number of carbonyl (C=O) groups excluding carboxylic acids is 1. The predicted molar refractivity (Wildman–Crippen MR) is 94.8 cm³/mol. The van der Waals surface area contributed by atoms with E-state index in [1.165, 1.54) is 0 Å². The van der Waals surface area contributed by atoms with Crippen LogP contribution in [0, 0.1) is 0 Å². The van der Waals surface area contributed by atoms with E-state index in [1.807, 2.05) is 18.2 Å². The topological polar surface area (TPSA) is 71.7 Å². The van der Waals surface area contributed by atoms with Gasteiger partial charge in [-0.2, -0.15) is 0 Å². The largest absolute Gasteiger partial charge is 0.495 e. The number of hydrogen-bond acceptors (Lipinski definition) is 5. The summed E-state index contributed by atoms with van der Waals surface area (Å²) in [5.41, 5.74) is 6.96. The molecule has 24 heavy (non-hydrogen) atoms. The molecule has 1 aliphatic rings. The third kappa shape index (κ3) is 3.13. The van der Waals surface area contributed by atoms with Crippen LogP contribution in [0.15, 0.2) is 42.6 Å². The number of hydrogen-bond donors (Lipinski definition) is 1. The molecule has 1 aromatic heterocycles. The van der Waals surface area contributed by atoms with Gasteiger partial charge in [0.15, 0.2) is 0 Å². The highest BCUT2D eigenvalue weighted by Gasteiger charge is 2.26. The van der Waals surface area contributed by atoms with Crippen LogP contribution in [0.2, 0.25) is 0 Å². The standard InChI is InChI=1S/C18H22N4O2/c1-13-12-21(15-5-3-4-6-16(15)24-2)9-10-22(13)17-11-14(18(19)23)7-8-20-17/h3-8,11,13H,9-10,12H2,1-2H3,(H2,19,23). The average Bonchev–Trinajstić information content (AvgIpc) is 2.61. The average molecular weight is 326 g/mol. The van der Waals surface area contributed by atoms with E-state index in [0.717, 1.165) is 36.9 Å². The summed E-state index contributed by atoms with van der Waals surface area (Å²) in [6, 6.07) is 11.7. The fourth-order valence-corrected chi connectivity index (χ4v) is 3.14. The molecule has 1 amide bonds. The van der Waals surface area contributed by atoms with E-state index in [9.17, 15) is 4.79 Å². The zero-order valence-electron chi connectivity index (χ0n) is 14.0. The molecule has 0 radical (unpaired) electrons. The Morgan fingerprint density at radius 2 is 2.08 bits per heavy atom. The second-order valence-electron chi connectivity index (χ2n) is 5.93. The van der Waals surface area contributed by atoms with Gasteiger partial charge in [0.05, 0.1) is 12.8 Å². The van der Waals surface area contributed by atoms with E-state index in [1.54, 1.807) is 25.4 Å². The number of benzene rings is 1. The third-order valence-corrected chi connectivity index (χ3v) is 4.38. The molecule has 1 aliphatic heterocycles. The van der Waals surface area contributed by atoms with E-state index in [-0.39, 0.29) is 6.04 Å². The van der Waals surface area contributed by atoms with E-state index in [2.05, 4.69) is 27.8 Å². The molecular formula is C18H22N4O2. The molecule has 2 heterocycles. The van der Waals surface area contributed by atoms with Gasteiger partial charge in [0.1, 0.15) is 11.6 Å². The fraction of sp³-hybridized carbons (Fsp3) is 0.333. The number of primary amides is 1.